The zero-order valence-electron chi connectivity index (χ0n) is 21.2. The van der Waals surface area contributed by atoms with Crippen molar-refractivity contribution >= 4 is 27.2 Å². The molecule has 0 aliphatic heterocycles. The maximum Gasteiger partial charge on any atom is 0.228 e. The minimum Gasteiger partial charge on any atom is -0.506 e. The van der Waals surface area contributed by atoms with Crippen LogP contribution in [0.2, 0.25) is 0 Å². The SMILES string of the molecule is CCS(=O)(=O)c1ccc(O)c(NC(=O)Cc2cccc(CC(C)(C)NC[C@@H](O)c3ccc(N)nc3)c2)c1. The van der Waals surface area contributed by atoms with Crippen LogP contribution < -0.4 is 16.4 Å². The van der Waals surface area contributed by atoms with Gasteiger partial charge in [-0.15, -0.1) is 0 Å². The molecule has 10 heteroatoms. The lowest BCUT2D eigenvalue weighted by Crippen LogP contribution is -2.43. The van der Waals surface area contributed by atoms with Crippen molar-refractivity contribution in [1.82, 2.24) is 10.3 Å². The molecule has 0 saturated carbocycles. The Morgan fingerprint density at radius 2 is 1.84 bits per heavy atom. The van der Waals surface area contributed by atoms with Crippen molar-refractivity contribution in [1.29, 1.82) is 0 Å². The molecule has 9 nitrogen and oxygen atoms in total. The number of nitrogens with two attached hydrogens (primary N) is 1. The van der Waals surface area contributed by atoms with Crippen LogP contribution in [0.25, 0.3) is 0 Å². The summed E-state index contributed by atoms with van der Waals surface area (Å²) in [6.45, 7) is 5.92. The second kappa shape index (κ2) is 11.7. The number of phenolic OH excluding ortho intramolecular Hbond substituents is 1. The summed E-state index contributed by atoms with van der Waals surface area (Å²) in [7, 11) is -3.48. The van der Waals surface area contributed by atoms with Crippen LogP contribution in [0.4, 0.5) is 11.5 Å². The molecule has 0 spiro atoms. The van der Waals surface area contributed by atoms with Crippen molar-refractivity contribution in [2.24, 2.45) is 0 Å². The van der Waals surface area contributed by atoms with E-state index in [2.05, 4.69) is 15.6 Å². The number of aromatic hydroxyl groups is 1. The number of phenols is 1. The molecule has 1 heterocycles. The number of nitrogens with zero attached hydrogens (tertiary/aromatic N) is 1. The number of β-amino-alcohol motifs (C(OH)–C–C–N with tert-alkyl or cyclic N) is 1. The summed E-state index contributed by atoms with van der Waals surface area (Å²) >= 11 is 0. The summed E-state index contributed by atoms with van der Waals surface area (Å²) in [6.07, 6.45) is 1.52. The Morgan fingerprint density at radius 3 is 2.51 bits per heavy atom. The van der Waals surface area contributed by atoms with E-state index in [1.165, 1.54) is 25.1 Å². The first kappa shape index (κ1) is 28.1. The second-order valence-corrected chi connectivity index (χ2v) is 11.9. The number of benzene rings is 2. The van der Waals surface area contributed by atoms with E-state index in [1.54, 1.807) is 18.3 Å². The van der Waals surface area contributed by atoms with Gasteiger partial charge in [0.1, 0.15) is 11.6 Å². The number of nitrogens with one attached hydrogen (secondary N) is 2. The van der Waals surface area contributed by atoms with Crippen LogP contribution in [0.5, 0.6) is 5.75 Å². The fourth-order valence-corrected chi connectivity index (χ4v) is 4.79. The van der Waals surface area contributed by atoms with Gasteiger partial charge in [0.15, 0.2) is 9.84 Å². The van der Waals surface area contributed by atoms with Gasteiger partial charge in [0, 0.05) is 23.8 Å². The van der Waals surface area contributed by atoms with Crippen LogP contribution in [0.1, 0.15) is 43.6 Å². The van der Waals surface area contributed by atoms with Crippen LogP contribution in [-0.2, 0) is 27.5 Å². The van der Waals surface area contributed by atoms with Crippen LogP contribution >= 0.6 is 0 Å². The van der Waals surface area contributed by atoms with Gasteiger partial charge >= 0.3 is 0 Å². The van der Waals surface area contributed by atoms with Gasteiger partial charge in [0.2, 0.25) is 5.91 Å². The number of rotatable bonds is 11. The van der Waals surface area contributed by atoms with Crippen molar-refractivity contribution in [3.63, 3.8) is 0 Å². The number of hydrogen-bond donors (Lipinski definition) is 5. The van der Waals surface area contributed by atoms with E-state index in [9.17, 15) is 23.4 Å². The minimum atomic E-state index is -3.48. The Hall–Kier alpha value is -3.47. The highest BCUT2D eigenvalue weighted by atomic mass is 32.2. The number of carbonyl (C=O) groups excluding carboxylic acids is 1. The van der Waals surface area contributed by atoms with Gasteiger partial charge in [-0.05, 0) is 55.7 Å². The summed E-state index contributed by atoms with van der Waals surface area (Å²) in [5.74, 6) is -0.272. The van der Waals surface area contributed by atoms with Crippen LogP contribution in [-0.4, -0.2) is 47.4 Å². The van der Waals surface area contributed by atoms with Crippen molar-refractivity contribution in [3.05, 3.63) is 77.5 Å². The van der Waals surface area contributed by atoms with E-state index in [0.717, 1.165) is 11.1 Å². The van der Waals surface area contributed by atoms with Crippen LogP contribution in [0.15, 0.2) is 65.7 Å². The zero-order valence-corrected chi connectivity index (χ0v) is 22.0. The quantitative estimate of drug-likeness (QED) is 0.239. The number of aliphatic hydroxyl groups is 1. The largest absolute Gasteiger partial charge is 0.506 e. The molecule has 0 saturated heterocycles. The lowest BCUT2D eigenvalue weighted by atomic mass is 9.93. The molecule has 37 heavy (non-hydrogen) atoms. The lowest BCUT2D eigenvalue weighted by Gasteiger charge is -2.28. The third kappa shape index (κ3) is 8.01. The predicted octanol–water partition coefficient (Wildman–Crippen LogP) is 2.99. The molecule has 0 fully saturated rings. The normalized spacial score (nSPS) is 12.8. The number of aromatic nitrogens is 1. The number of nitrogen functional groups attached to an aromatic ring is 1. The molecule has 3 rings (SSSR count). The number of sulfone groups is 1. The summed E-state index contributed by atoms with van der Waals surface area (Å²) in [4.78, 5) is 16.7. The molecule has 0 aliphatic carbocycles. The maximum absolute atomic E-state index is 12.7. The number of amides is 1. The van der Waals surface area contributed by atoms with E-state index in [4.69, 9.17) is 5.73 Å². The molecule has 3 aromatic rings. The Kier molecular flexibility index (Phi) is 8.90. The van der Waals surface area contributed by atoms with Gasteiger partial charge in [-0.2, -0.15) is 0 Å². The number of aliphatic hydroxyl groups excluding tert-OH is 1. The lowest BCUT2D eigenvalue weighted by molar-refractivity contribution is -0.115. The Labute approximate surface area is 217 Å². The molecule has 2 aromatic carbocycles. The highest BCUT2D eigenvalue weighted by Crippen LogP contribution is 2.27. The van der Waals surface area contributed by atoms with E-state index in [-0.39, 0.29) is 40.0 Å². The van der Waals surface area contributed by atoms with E-state index in [1.807, 2.05) is 38.1 Å². The van der Waals surface area contributed by atoms with Crippen molar-refractivity contribution < 1.29 is 23.4 Å². The summed E-state index contributed by atoms with van der Waals surface area (Å²) in [5, 5.41) is 26.5. The summed E-state index contributed by atoms with van der Waals surface area (Å²) < 4.78 is 24.3. The van der Waals surface area contributed by atoms with Crippen molar-refractivity contribution in [2.45, 2.75) is 50.2 Å². The van der Waals surface area contributed by atoms with Crippen LogP contribution in [0, 0.1) is 0 Å². The number of hydrogen-bond acceptors (Lipinski definition) is 8. The van der Waals surface area contributed by atoms with Gasteiger partial charge in [0.05, 0.1) is 28.9 Å². The topological polar surface area (TPSA) is 155 Å². The van der Waals surface area contributed by atoms with Gasteiger partial charge in [-0.1, -0.05) is 37.3 Å². The van der Waals surface area contributed by atoms with Gasteiger partial charge in [-0.3, -0.25) is 4.79 Å². The predicted molar refractivity (Wildman–Crippen MR) is 144 cm³/mol. The summed E-state index contributed by atoms with van der Waals surface area (Å²) in [6, 6.07) is 14.8. The van der Waals surface area contributed by atoms with Crippen molar-refractivity contribution in [2.75, 3.05) is 23.3 Å². The number of carbonyl (C=O) groups is 1. The molecule has 198 valence electrons. The number of pyridine rings is 1. The molecule has 1 amide bonds. The molecule has 0 aliphatic rings. The van der Waals surface area contributed by atoms with E-state index in [0.29, 0.717) is 24.3 Å². The molecule has 0 bridgehead atoms. The molecular weight excluding hydrogens is 492 g/mol. The average molecular weight is 527 g/mol. The Bertz CT molecular complexity index is 1340. The summed E-state index contributed by atoms with van der Waals surface area (Å²) in [5.41, 5.74) is 7.76. The third-order valence-corrected chi connectivity index (χ3v) is 7.68. The molecule has 0 unspecified atom stereocenters. The molecular formula is C27H34N4O5S. The van der Waals surface area contributed by atoms with Crippen LogP contribution in [0.3, 0.4) is 0 Å². The Balaban J connectivity index is 1.61. The standard InChI is InChI=1S/C27H34N4O5S/c1-4-37(35,36)21-9-10-23(32)22(14-21)31-26(34)13-18-6-5-7-19(12-18)15-27(2,3)30-17-24(33)20-8-11-25(28)29-16-20/h5-12,14,16,24,30,32-33H,4,13,15,17H2,1-3H3,(H2,28,29)(H,31,34)/t24-/m1/s1. The molecule has 0 radical (unpaired) electrons. The molecule has 1 atom stereocenters. The van der Waals surface area contributed by atoms with Crippen molar-refractivity contribution in [3.8, 4) is 5.75 Å². The van der Waals surface area contributed by atoms with Gasteiger partial charge < -0.3 is 26.6 Å². The maximum atomic E-state index is 12.7. The first-order valence-corrected chi connectivity index (χ1v) is 13.6. The molecule has 6 N–H and O–H groups in total. The van der Waals surface area contributed by atoms with E-state index >= 15 is 0 Å². The highest BCUT2D eigenvalue weighted by Gasteiger charge is 2.21. The smallest absolute Gasteiger partial charge is 0.228 e. The van der Waals surface area contributed by atoms with Gasteiger partial charge in [0.25, 0.3) is 0 Å². The average Bonchev–Trinajstić information content (AvgIpc) is 2.84. The Morgan fingerprint density at radius 1 is 1.11 bits per heavy atom. The minimum absolute atomic E-state index is 0.0394. The first-order chi connectivity index (χ1) is 17.4. The second-order valence-electron chi connectivity index (χ2n) is 9.60. The fourth-order valence-electron chi connectivity index (χ4n) is 3.88. The molecule has 1 aromatic heterocycles. The zero-order chi connectivity index (χ0) is 27.2. The number of anilines is 2. The third-order valence-electron chi connectivity index (χ3n) is 5.95. The highest BCUT2D eigenvalue weighted by molar-refractivity contribution is 7.91. The monoisotopic (exact) mass is 526 g/mol. The van der Waals surface area contributed by atoms with Gasteiger partial charge in [-0.25, -0.2) is 13.4 Å². The fraction of sp³-hybridized carbons (Fsp3) is 0.333. The van der Waals surface area contributed by atoms with E-state index < -0.39 is 15.9 Å². The first-order valence-electron chi connectivity index (χ1n) is 12.0.